The molecular formula is C18H22N6O2. The number of benzene rings is 1. The number of carbonyl (C=O) groups excluding carboxylic acids is 2. The number of aromatic nitrogens is 2. The third-order valence-corrected chi connectivity index (χ3v) is 5.00. The quantitative estimate of drug-likeness (QED) is 0.909. The number of carbonyl (C=O) groups is 2. The Morgan fingerprint density at radius 3 is 2.77 bits per heavy atom. The van der Waals surface area contributed by atoms with E-state index in [9.17, 15) is 9.59 Å². The van der Waals surface area contributed by atoms with E-state index in [1.807, 2.05) is 57.9 Å². The van der Waals surface area contributed by atoms with Gasteiger partial charge in [0.1, 0.15) is 5.82 Å². The summed E-state index contributed by atoms with van der Waals surface area (Å²) in [6, 6.07) is 9.35. The van der Waals surface area contributed by atoms with E-state index >= 15 is 0 Å². The molecule has 0 unspecified atom stereocenters. The van der Waals surface area contributed by atoms with Gasteiger partial charge in [0.05, 0.1) is 12.6 Å². The lowest BCUT2D eigenvalue weighted by Crippen LogP contribution is -2.54. The van der Waals surface area contributed by atoms with Gasteiger partial charge < -0.3 is 24.6 Å². The smallest absolute Gasteiger partial charge is 0.321 e. The normalized spacial score (nSPS) is 19.7. The van der Waals surface area contributed by atoms with Crippen molar-refractivity contribution in [2.45, 2.75) is 12.6 Å². The summed E-state index contributed by atoms with van der Waals surface area (Å²) in [5.41, 5.74) is 0.777. The van der Waals surface area contributed by atoms with Crippen LogP contribution in [0.5, 0.6) is 0 Å². The molecule has 4 amide bonds. The van der Waals surface area contributed by atoms with Gasteiger partial charge in [-0.15, -0.1) is 0 Å². The molecule has 2 aliphatic heterocycles. The van der Waals surface area contributed by atoms with Gasteiger partial charge in [-0.05, 0) is 12.1 Å². The largest absolute Gasteiger partial charge is 0.337 e. The third-order valence-electron chi connectivity index (χ3n) is 5.00. The predicted molar refractivity (Wildman–Crippen MR) is 96.5 cm³/mol. The first-order chi connectivity index (χ1) is 12.6. The Bertz CT molecular complexity index is 805. The second-order valence-corrected chi connectivity index (χ2v) is 6.71. The average Bonchev–Trinajstić information content (AvgIpc) is 3.19. The number of nitrogens with zero attached hydrogens (tertiary/aromatic N) is 5. The van der Waals surface area contributed by atoms with Crippen LogP contribution in [-0.4, -0.2) is 68.5 Å². The fourth-order valence-corrected chi connectivity index (χ4v) is 3.54. The second kappa shape index (κ2) is 6.70. The number of hydrogen-bond acceptors (Lipinski definition) is 3. The van der Waals surface area contributed by atoms with E-state index in [1.54, 1.807) is 11.1 Å². The Balaban J connectivity index is 1.38. The number of amides is 4. The number of imidazole rings is 1. The number of aryl methyl sites for hydroxylation is 1. The lowest BCUT2D eigenvalue weighted by molar-refractivity contribution is 0.135. The van der Waals surface area contributed by atoms with Gasteiger partial charge in [-0.3, -0.25) is 0 Å². The van der Waals surface area contributed by atoms with Crippen LogP contribution in [0.4, 0.5) is 15.3 Å². The number of urea groups is 2. The molecule has 0 radical (unpaired) electrons. The maximum absolute atomic E-state index is 12.6. The van der Waals surface area contributed by atoms with Crippen molar-refractivity contribution < 1.29 is 9.59 Å². The fraction of sp³-hybridized carbons (Fsp3) is 0.389. The molecule has 136 valence electrons. The highest BCUT2D eigenvalue weighted by Gasteiger charge is 2.41. The van der Waals surface area contributed by atoms with Crippen LogP contribution in [0.2, 0.25) is 0 Å². The molecule has 0 bridgehead atoms. The molecule has 1 atom stereocenters. The molecule has 2 saturated heterocycles. The van der Waals surface area contributed by atoms with Gasteiger partial charge in [-0.25, -0.2) is 14.6 Å². The summed E-state index contributed by atoms with van der Waals surface area (Å²) in [4.78, 5) is 34.9. The van der Waals surface area contributed by atoms with Gasteiger partial charge in [0.15, 0.2) is 0 Å². The van der Waals surface area contributed by atoms with E-state index < -0.39 is 0 Å². The zero-order valence-corrected chi connectivity index (χ0v) is 14.7. The van der Waals surface area contributed by atoms with E-state index in [2.05, 4.69) is 10.3 Å². The second-order valence-electron chi connectivity index (χ2n) is 6.71. The van der Waals surface area contributed by atoms with Crippen LogP contribution in [0.3, 0.4) is 0 Å². The van der Waals surface area contributed by atoms with Crippen molar-refractivity contribution in [2.24, 2.45) is 7.05 Å². The molecule has 2 fully saturated rings. The SMILES string of the molecule is Cn1ccnc1CN1C[C@H]2CN(C(=O)Nc3ccccc3)CCN2C1=O. The van der Waals surface area contributed by atoms with Crippen LogP contribution in [0.1, 0.15) is 5.82 Å². The lowest BCUT2D eigenvalue weighted by atomic mass is 10.2. The number of para-hydroxylation sites is 1. The molecule has 1 N–H and O–H groups in total. The van der Waals surface area contributed by atoms with Crippen LogP contribution in [-0.2, 0) is 13.6 Å². The van der Waals surface area contributed by atoms with Crippen LogP contribution in [0, 0.1) is 0 Å². The Morgan fingerprint density at radius 2 is 2.04 bits per heavy atom. The Morgan fingerprint density at radius 1 is 1.23 bits per heavy atom. The van der Waals surface area contributed by atoms with E-state index in [4.69, 9.17) is 0 Å². The van der Waals surface area contributed by atoms with Crippen LogP contribution >= 0.6 is 0 Å². The van der Waals surface area contributed by atoms with Gasteiger partial charge in [-0.2, -0.15) is 0 Å². The molecule has 0 saturated carbocycles. The molecule has 0 spiro atoms. The van der Waals surface area contributed by atoms with Crippen molar-refractivity contribution in [3.8, 4) is 0 Å². The van der Waals surface area contributed by atoms with E-state index in [0.717, 1.165) is 11.5 Å². The Kier molecular flexibility index (Phi) is 4.24. The van der Waals surface area contributed by atoms with Crippen molar-refractivity contribution >= 4 is 17.7 Å². The molecule has 4 rings (SSSR count). The van der Waals surface area contributed by atoms with E-state index in [1.165, 1.54) is 0 Å². The highest BCUT2D eigenvalue weighted by Crippen LogP contribution is 2.22. The molecular weight excluding hydrogens is 332 g/mol. The highest BCUT2D eigenvalue weighted by molar-refractivity contribution is 5.89. The summed E-state index contributed by atoms with van der Waals surface area (Å²) in [5.74, 6) is 0.858. The highest BCUT2D eigenvalue weighted by atomic mass is 16.2. The minimum atomic E-state index is -0.120. The molecule has 1 aromatic heterocycles. The number of hydrogen-bond donors (Lipinski definition) is 1. The number of piperazine rings is 1. The summed E-state index contributed by atoms with van der Waals surface area (Å²) in [5, 5.41) is 2.91. The van der Waals surface area contributed by atoms with Crippen LogP contribution in [0.15, 0.2) is 42.7 Å². The van der Waals surface area contributed by atoms with Crippen molar-refractivity contribution in [2.75, 3.05) is 31.5 Å². The summed E-state index contributed by atoms with van der Waals surface area (Å²) in [6.07, 6.45) is 3.61. The zero-order chi connectivity index (χ0) is 18.1. The zero-order valence-electron chi connectivity index (χ0n) is 14.7. The number of rotatable bonds is 3. The topological polar surface area (TPSA) is 73.7 Å². The van der Waals surface area contributed by atoms with Crippen LogP contribution < -0.4 is 5.32 Å². The molecule has 8 nitrogen and oxygen atoms in total. The Labute approximate surface area is 152 Å². The minimum absolute atomic E-state index is 0.0260. The molecule has 0 aliphatic carbocycles. The third kappa shape index (κ3) is 3.10. The van der Waals surface area contributed by atoms with E-state index in [0.29, 0.717) is 32.7 Å². The molecule has 2 aliphatic rings. The first-order valence-electron chi connectivity index (χ1n) is 8.74. The predicted octanol–water partition coefficient (Wildman–Crippen LogP) is 1.57. The lowest BCUT2D eigenvalue weighted by Gasteiger charge is -2.36. The van der Waals surface area contributed by atoms with Gasteiger partial charge in [0, 0.05) is 51.3 Å². The van der Waals surface area contributed by atoms with Crippen molar-refractivity contribution in [1.82, 2.24) is 24.3 Å². The monoisotopic (exact) mass is 354 g/mol. The first kappa shape index (κ1) is 16.4. The molecule has 3 heterocycles. The van der Waals surface area contributed by atoms with Gasteiger partial charge in [0.25, 0.3) is 0 Å². The van der Waals surface area contributed by atoms with Crippen molar-refractivity contribution in [1.29, 1.82) is 0 Å². The fourth-order valence-electron chi connectivity index (χ4n) is 3.54. The first-order valence-corrected chi connectivity index (χ1v) is 8.74. The maximum Gasteiger partial charge on any atom is 0.321 e. The van der Waals surface area contributed by atoms with Gasteiger partial charge in [-0.1, -0.05) is 18.2 Å². The number of nitrogens with one attached hydrogen (secondary N) is 1. The van der Waals surface area contributed by atoms with Gasteiger partial charge in [0.2, 0.25) is 0 Å². The molecule has 26 heavy (non-hydrogen) atoms. The minimum Gasteiger partial charge on any atom is -0.337 e. The number of anilines is 1. The summed E-state index contributed by atoms with van der Waals surface area (Å²) >= 11 is 0. The average molecular weight is 354 g/mol. The summed E-state index contributed by atoms with van der Waals surface area (Å²) < 4.78 is 1.92. The molecule has 2 aromatic rings. The summed E-state index contributed by atoms with van der Waals surface area (Å²) in [7, 11) is 1.92. The summed E-state index contributed by atoms with van der Waals surface area (Å²) in [6.45, 7) is 2.74. The van der Waals surface area contributed by atoms with Crippen molar-refractivity contribution in [3.05, 3.63) is 48.5 Å². The maximum atomic E-state index is 12.6. The van der Waals surface area contributed by atoms with Crippen LogP contribution in [0.25, 0.3) is 0 Å². The van der Waals surface area contributed by atoms with Gasteiger partial charge >= 0.3 is 12.1 Å². The standard InChI is InChI=1S/C18H22N6O2/c1-21-8-7-19-16(21)13-23-12-15-11-22(9-10-24(15)18(23)26)17(25)20-14-5-3-2-4-6-14/h2-8,15H,9-13H2,1H3,(H,20,25)/t15-/m1/s1. The number of fused-ring (bicyclic) bond motifs is 1. The molecule has 8 heteroatoms. The Hall–Kier alpha value is -3.03. The van der Waals surface area contributed by atoms with E-state index in [-0.39, 0.29) is 18.1 Å². The van der Waals surface area contributed by atoms with Crippen molar-refractivity contribution in [3.63, 3.8) is 0 Å². The molecule has 1 aromatic carbocycles.